The molecule has 0 aliphatic heterocycles. The molecule has 0 saturated heterocycles. The fourth-order valence-corrected chi connectivity index (χ4v) is 5.53. The predicted molar refractivity (Wildman–Crippen MR) is 162 cm³/mol. The third-order valence-corrected chi connectivity index (χ3v) is 8.15. The molecular formula is C32H41N3O4S. The fourth-order valence-electron chi connectivity index (χ4n) is 4.65. The van der Waals surface area contributed by atoms with Crippen LogP contribution in [0.4, 0.5) is 5.69 Å². The van der Waals surface area contributed by atoms with Crippen LogP contribution < -0.4 is 9.62 Å². The number of hydrogen-bond acceptors (Lipinski definition) is 4. The van der Waals surface area contributed by atoms with Crippen molar-refractivity contribution in [2.75, 3.05) is 17.1 Å². The minimum Gasteiger partial charge on any atom is -0.352 e. The van der Waals surface area contributed by atoms with Crippen molar-refractivity contribution < 1.29 is 18.0 Å². The van der Waals surface area contributed by atoms with Crippen molar-refractivity contribution >= 4 is 27.5 Å². The summed E-state index contributed by atoms with van der Waals surface area (Å²) >= 11 is 0. The topological polar surface area (TPSA) is 86.8 Å². The van der Waals surface area contributed by atoms with E-state index in [1.165, 1.54) is 4.90 Å². The summed E-state index contributed by atoms with van der Waals surface area (Å²) in [5, 5.41) is 3.05. The Hall–Kier alpha value is -3.65. The van der Waals surface area contributed by atoms with E-state index in [0.717, 1.165) is 39.2 Å². The molecule has 0 unspecified atom stereocenters. The summed E-state index contributed by atoms with van der Waals surface area (Å²) in [5.74, 6) is -0.711. The summed E-state index contributed by atoms with van der Waals surface area (Å²) in [7, 11) is -3.80. The van der Waals surface area contributed by atoms with E-state index in [1.54, 1.807) is 12.1 Å². The van der Waals surface area contributed by atoms with Gasteiger partial charge in [0.05, 0.1) is 11.9 Å². The number of nitrogens with zero attached hydrogens (tertiary/aromatic N) is 2. The Morgan fingerprint density at radius 2 is 1.55 bits per heavy atom. The summed E-state index contributed by atoms with van der Waals surface area (Å²) in [6.07, 6.45) is 2.75. The third-order valence-electron chi connectivity index (χ3n) is 7.03. The highest BCUT2D eigenvalue weighted by molar-refractivity contribution is 7.92. The van der Waals surface area contributed by atoms with E-state index >= 15 is 0 Å². The summed E-state index contributed by atoms with van der Waals surface area (Å²) in [5.41, 5.74) is 4.09. The summed E-state index contributed by atoms with van der Waals surface area (Å²) < 4.78 is 27.2. The van der Waals surface area contributed by atoms with Gasteiger partial charge in [-0.3, -0.25) is 13.9 Å². The predicted octanol–water partition coefficient (Wildman–Crippen LogP) is 4.88. The van der Waals surface area contributed by atoms with E-state index in [0.29, 0.717) is 18.5 Å². The van der Waals surface area contributed by atoms with Crippen molar-refractivity contribution in [3.05, 3.63) is 101 Å². The van der Waals surface area contributed by atoms with Crippen LogP contribution in [0.15, 0.2) is 78.9 Å². The van der Waals surface area contributed by atoms with E-state index in [4.69, 9.17) is 0 Å². The van der Waals surface area contributed by atoms with Crippen LogP contribution in [-0.2, 0) is 39.0 Å². The first-order chi connectivity index (χ1) is 19.0. The third kappa shape index (κ3) is 8.42. The quantitative estimate of drug-likeness (QED) is 0.321. The number of amides is 2. The smallest absolute Gasteiger partial charge is 0.244 e. The number of aryl methyl sites for hydroxylation is 2. The number of para-hydroxylation sites is 1. The van der Waals surface area contributed by atoms with Gasteiger partial charge in [0.2, 0.25) is 21.8 Å². The van der Waals surface area contributed by atoms with Crippen molar-refractivity contribution in [1.82, 2.24) is 10.2 Å². The molecule has 7 nitrogen and oxygen atoms in total. The molecule has 2 amide bonds. The molecule has 0 aliphatic rings. The summed E-state index contributed by atoms with van der Waals surface area (Å²) in [6.45, 7) is 7.59. The normalized spacial score (nSPS) is 12.8. The van der Waals surface area contributed by atoms with Crippen LogP contribution in [0.3, 0.4) is 0 Å². The van der Waals surface area contributed by atoms with Crippen molar-refractivity contribution in [3.8, 4) is 0 Å². The molecular weight excluding hydrogens is 522 g/mol. The van der Waals surface area contributed by atoms with Gasteiger partial charge in [0.15, 0.2) is 0 Å². The zero-order valence-electron chi connectivity index (χ0n) is 24.1. The first-order valence-corrected chi connectivity index (χ1v) is 15.6. The second-order valence-corrected chi connectivity index (χ2v) is 12.2. The Balaban J connectivity index is 2.08. The van der Waals surface area contributed by atoms with Crippen molar-refractivity contribution in [2.24, 2.45) is 0 Å². The molecule has 3 aromatic carbocycles. The van der Waals surface area contributed by atoms with Gasteiger partial charge >= 0.3 is 0 Å². The molecule has 0 bridgehead atoms. The second kappa shape index (κ2) is 14.1. The van der Waals surface area contributed by atoms with E-state index in [9.17, 15) is 18.0 Å². The van der Waals surface area contributed by atoms with Crippen LogP contribution in [-0.4, -0.2) is 50.0 Å². The van der Waals surface area contributed by atoms with Crippen LogP contribution in [0.1, 0.15) is 49.4 Å². The average Bonchev–Trinajstić information content (AvgIpc) is 2.93. The zero-order chi connectivity index (χ0) is 29.3. The highest BCUT2D eigenvalue weighted by Crippen LogP contribution is 2.25. The molecule has 3 rings (SSSR count). The highest BCUT2D eigenvalue weighted by Gasteiger charge is 2.33. The van der Waals surface area contributed by atoms with Crippen LogP contribution >= 0.6 is 0 Å². The number of carbonyl (C=O) groups is 2. The van der Waals surface area contributed by atoms with Gasteiger partial charge in [-0.25, -0.2) is 8.42 Å². The number of benzene rings is 3. The van der Waals surface area contributed by atoms with Gasteiger partial charge in [0, 0.05) is 19.0 Å². The first kappa shape index (κ1) is 30.9. The van der Waals surface area contributed by atoms with Gasteiger partial charge in [0.25, 0.3) is 0 Å². The monoisotopic (exact) mass is 563 g/mol. The number of carbonyl (C=O) groups excluding carboxylic acids is 2. The highest BCUT2D eigenvalue weighted by atomic mass is 32.2. The van der Waals surface area contributed by atoms with Gasteiger partial charge < -0.3 is 10.2 Å². The summed E-state index contributed by atoms with van der Waals surface area (Å²) in [4.78, 5) is 29.5. The Bertz CT molecular complexity index is 1390. The molecule has 8 heteroatoms. The molecule has 0 spiro atoms. The van der Waals surface area contributed by atoms with E-state index < -0.39 is 28.5 Å². The minimum absolute atomic E-state index is 0.0781. The number of nitrogens with one attached hydrogen (secondary N) is 1. The maximum absolute atomic E-state index is 14.2. The Labute approximate surface area is 239 Å². The van der Waals surface area contributed by atoms with E-state index in [1.807, 2.05) is 94.4 Å². The van der Waals surface area contributed by atoms with Gasteiger partial charge in [-0.2, -0.15) is 0 Å². The molecule has 0 fully saturated rings. The lowest BCUT2D eigenvalue weighted by atomic mass is 10.0. The van der Waals surface area contributed by atoms with Crippen LogP contribution in [0.2, 0.25) is 0 Å². The molecule has 0 aliphatic carbocycles. The van der Waals surface area contributed by atoms with E-state index in [-0.39, 0.29) is 18.5 Å². The van der Waals surface area contributed by atoms with Gasteiger partial charge in [-0.1, -0.05) is 92.2 Å². The largest absolute Gasteiger partial charge is 0.352 e. The molecule has 0 aromatic heterocycles. The van der Waals surface area contributed by atoms with Crippen LogP contribution in [0, 0.1) is 6.92 Å². The van der Waals surface area contributed by atoms with Gasteiger partial charge in [-0.05, 0) is 49.4 Å². The van der Waals surface area contributed by atoms with Crippen molar-refractivity contribution in [1.29, 1.82) is 0 Å². The Morgan fingerprint density at radius 1 is 0.900 bits per heavy atom. The lowest BCUT2D eigenvalue weighted by Gasteiger charge is -2.34. The number of rotatable bonds is 13. The minimum atomic E-state index is -3.80. The molecule has 1 N–H and O–H groups in total. The zero-order valence-corrected chi connectivity index (χ0v) is 24.9. The fraction of sp³-hybridized carbons (Fsp3) is 0.375. The van der Waals surface area contributed by atoms with E-state index in [2.05, 4.69) is 5.32 Å². The number of sulfonamides is 1. The van der Waals surface area contributed by atoms with Crippen molar-refractivity contribution in [3.63, 3.8) is 0 Å². The molecule has 40 heavy (non-hydrogen) atoms. The lowest BCUT2D eigenvalue weighted by molar-refractivity contribution is -0.140. The maximum Gasteiger partial charge on any atom is 0.244 e. The molecule has 0 heterocycles. The van der Waals surface area contributed by atoms with Gasteiger partial charge in [-0.15, -0.1) is 0 Å². The Kier molecular flexibility index (Phi) is 10.9. The number of anilines is 1. The van der Waals surface area contributed by atoms with Crippen molar-refractivity contribution in [2.45, 2.75) is 65.6 Å². The molecule has 0 saturated carbocycles. The molecule has 3 aromatic rings. The molecule has 0 radical (unpaired) electrons. The molecule has 2 atom stereocenters. The maximum atomic E-state index is 14.2. The molecule has 214 valence electrons. The Morgan fingerprint density at radius 3 is 2.17 bits per heavy atom. The van der Waals surface area contributed by atoms with Gasteiger partial charge in [0.1, 0.15) is 12.6 Å². The summed E-state index contributed by atoms with van der Waals surface area (Å²) in [6, 6.07) is 23.6. The first-order valence-electron chi connectivity index (χ1n) is 13.8. The van der Waals surface area contributed by atoms with Crippen LogP contribution in [0.25, 0.3) is 0 Å². The SMILES string of the molecule is CCc1ccccc1N(CC(=O)N(Cc1cccc(C)c1)[C@H](Cc1ccccc1)C(=O)N[C@H](C)CC)S(C)(=O)=O. The van der Waals surface area contributed by atoms with Crippen LogP contribution in [0.5, 0.6) is 0 Å². The second-order valence-electron chi connectivity index (χ2n) is 10.3. The number of hydrogen-bond donors (Lipinski definition) is 1. The standard InChI is InChI=1S/C32H41N3O4S/c1-6-25(4)33-32(37)30(21-26-15-9-8-10-16-26)34(22-27-17-13-14-24(3)20-27)31(36)23-35(40(5,38)39)29-19-12-11-18-28(29)7-2/h8-20,25,30H,6-7,21-23H2,1-5H3,(H,33,37)/t25-,30-/m1/s1. The average molecular weight is 564 g/mol. The lowest BCUT2D eigenvalue weighted by Crippen LogP contribution is -2.54.